The first-order valence-electron chi connectivity index (χ1n) is 6.82. The lowest BCUT2D eigenvalue weighted by molar-refractivity contribution is -0.123. The van der Waals surface area contributed by atoms with Crippen LogP contribution in [0.3, 0.4) is 0 Å². The Morgan fingerprint density at radius 2 is 2.05 bits per heavy atom. The molecule has 4 nitrogen and oxygen atoms in total. The van der Waals surface area contributed by atoms with Crippen molar-refractivity contribution in [1.29, 1.82) is 0 Å². The van der Waals surface area contributed by atoms with Crippen LogP contribution in [0, 0.1) is 0 Å². The molecule has 0 fully saturated rings. The van der Waals surface area contributed by atoms with Gasteiger partial charge in [0.05, 0.1) is 12.1 Å². The quantitative estimate of drug-likeness (QED) is 0.747. The second-order valence-electron chi connectivity index (χ2n) is 4.64. The predicted octanol–water partition coefficient (Wildman–Crippen LogP) is 1.49. The first-order valence-corrected chi connectivity index (χ1v) is 6.82. The van der Waals surface area contributed by atoms with Crippen LogP contribution in [0.4, 0.5) is 0 Å². The number of hydrogen-bond acceptors (Lipinski definition) is 3. The Bertz CT molecular complexity index is 368. The van der Waals surface area contributed by atoms with Crippen molar-refractivity contribution in [3.63, 3.8) is 0 Å². The third-order valence-corrected chi connectivity index (χ3v) is 2.94. The van der Waals surface area contributed by atoms with Crippen molar-refractivity contribution < 1.29 is 9.53 Å². The SMILES string of the molecule is CCOC(C)CNC(=O)[C@@H](N)CCc1ccccc1. The summed E-state index contributed by atoms with van der Waals surface area (Å²) in [5, 5.41) is 2.81. The number of rotatable bonds is 8. The summed E-state index contributed by atoms with van der Waals surface area (Å²) >= 11 is 0. The van der Waals surface area contributed by atoms with Crippen LogP contribution >= 0.6 is 0 Å². The van der Waals surface area contributed by atoms with E-state index in [9.17, 15) is 4.79 Å². The summed E-state index contributed by atoms with van der Waals surface area (Å²) in [6, 6.07) is 9.58. The molecular weight excluding hydrogens is 240 g/mol. The van der Waals surface area contributed by atoms with E-state index in [2.05, 4.69) is 5.32 Å². The van der Waals surface area contributed by atoms with Crippen molar-refractivity contribution in [3.05, 3.63) is 35.9 Å². The molecule has 0 radical (unpaired) electrons. The van der Waals surface area contributed by atoms with Gasteiger partial charge in [-0.3, -0.25) is 4.79 Å². The van der Waals surface area contributed by atoms with E-state index in [-0.39, 0.29) is 12.0 Å². The Balaban J connectivity index is 2.25. The second kappa shape index (κ2) is 8.67. The lowest BCUT2D eigenvalue weighted by Gasteiger charge is -2.15. The Hall–Kier alpha value is -1.39. The van der Waals surface area contributed by atoms with E-state index in [0.29, 0.717) is 19.6 Å². The van der Waals surface area contributed by atoms with Gasteiger partial charge < -0.3 is 15.8 Å². The summed E-state index contributed by atoms with van der Waals surface area (Å²) in [5.41, 5.74) is 7.07. The molecule has 19 heavy (non-hydrogen) atoms. The maximum absolute atomic E-state index is 11.8. The van der Waals surface area contributed by atoms with Crippen molar-refractivity contribution in [1.82, 2.24) is 5.32 Å². The van der Waals surface area contributed by atoms with E-state index in [0.717, 1.165) is 6.42 Å². The smallest absolute Gasteiger partial charge is 0.237 e. The number of nitrogens with one attached hydrogen (secondary N) is 1. The van der Waals surface area contributed by atoms with E-state index in [1.54, 1.807) is 0 Å². The zero-order valence-corrected chi connectivity index (χ0v) is 11.8. The minimum Gasteiger partial charge on any atom is -0.377 e. The fourth-order valence-electron chi connectivity index (χ4n) is 1.82. The summed E-state index contributed by atoms with van der Waals surface area (Å²) in [6.07, 6.45) is 1.49. The van der Waals surface area contributed by atoms with E-state index >= 15 is 0 Å². The molecule has 1 rings (SSSR count). The lowest BCUT2D eigenvalue weighted by atomic mass is 10.1. The molecule has 0 heterocycles. The van der Waals surface area contributed by atoms with Crippen LogP contribution in [0.25, 0.3) is 0 Å². The molecule has 1 amide bonds. The van der Waals surface area contributed by atoms with E-state index in [1.165, 1.54) is 5.56 Å². The number of carbonyl (C=O) groups excluding carboxylic acids is 1. The van der Waals surface area contributed by atoms with Crippen molar-refractivity contribution in [2.75, 3.05) is 13.2 Å². The van der Waals surface area contributed by atoms with Crippen molar-refractivity contribution in [2.24, 2.45) is 5.73 Å². The van der Waals surface area contributed by atoms with Gasteiger partial charge in [-0.2, -0.15) is 0 Å². The number of nitrogens with two attached hydrogens (primary N) is 1. The molecular formula is C15H24N2O2. The van der Waals surface area contributed by atoms with Gasteiger partial charge in [0.15, 0.2) is 0 Å². The maximum atomic E-state index is 11.8. The minimum absolute atomic E-state index is 0.0234. The Kier molecular flexibility index (Phi) is 7.15. The van der Waals surface area contributed by atoms with Gasteiger partial charge in [-0.1, -0.05) is 30.3 Å². The van der Waals surface area contributed by atoms with Gasteiger partial charge in [-0.15, -0.1) is 0 Å². The molecule has 3 N–H and O–H groups in total. The molecule has 0 aromatic heterocycles. The summed E-state index contributed by atoms with van der Waals surface area (Å²) in [4.78, 5) is 11.8. The fourth-order valence-corrected chi connectivity index (χ4v) is 1.82. The average Bonchev–Trinajstić information content (AvgIpc) is 2.43. The molecule has 1 aromatic carbocycles. The van der Waals surface area contributed by atoms with Crippen LogP contribution in [0.2, 0.25) is 0 Å². The van der Waals surface area contributed by atoms with Crippen molar-refractivity contribution in [3.8, 4) is 0 Å². The van der Waals surface area contributed by atoms with Crippen LogP contribution in [0.5, 0.6) is 0 Å². The van der Waals surface area contributed by atoms with Gasteiger partial charge in [0.2, 0.25) is 5.91 Å². The van der Waals surface area contributed by atoms with Crippen LogP contribution in [-0.4, -0.2) is 31.2 Å². The normalized spacial score (nSPS) is 13.8. The number of ether oxygens (including phenoxy) is 1. The Morgan fingerprint density at radius 1 is 1.37 bits per heavy atom. The summed E-state index contributed by atoms with van der Waals surface area (Å²) in [5.74, 6) is -0.109. The number of benzene rings is 1. The molecule has 1 aromatic rings. The van der Waals surface area contributed by atoms with Crippen LogP contribution in [0.1, 0.15) is 25.8 Å². The van der Waals surface area contributed by atoms with Crippen LogP contribution in [0.15, 0.2) is 30.3 Å². The van der Waals surface area contributed by atoms with Gasteiger partial charge in [-0.05, 0) is 32.3 Å². The molecule has 0 bridgehead atoms. The molecule has 2 atom stereocenters. The summed E-state index contributed by atoms with van der Waals surface area (Å²) in [7, 11) is 0. The molecule has 4 heteroatoms. The van der Waals surface area contributed by atoms with Crippen LogP contribution < -0.4 is 11.1 Å². The largest absolute Gasteiger partial charge is 0.377 e. The Labute approximate surface area is 115 Å². The summed E-state index contributed by atoms with van der Waals surface area (Å²) < 4.78 is 5.35. The molecule has 106 valence electrons. The number of carbonyl (C=O) groups is 1. The zero-order valence-electron chi connectivity index (χ0n) is 11.8. The minimum atomic E-state index is -0.464. The van der Waals surface area contributed by atoms with Crippen molar-refractivity contribution >= 4 is 5.91 Å². The van der Waals surface area contributed by atoms with Gasteiger partial charge in [0.1, 0.15) is 0 Å². The molecule has 0 aliphatic heterocycles. The highest BCUT2D eigenvalue weighted by atomic mass is 16.5. The van der Waals surface area contributed by atoms with Gasteiger partial charge in [0, 0.05) is 13.2 Å². The molecule has 0 aliphatic carbocycles. The van der Waals surface area contributed by atoms with E-state index in [1.807, 2.05) is 44.2 Å². The number of aryl methyl sites for hydroxylation is 1. The molecule has 0 saturated heterocycles. The highest BCUT2D eigenvalue weighted by Gasteiger charge is 2.13. The molecule has 1 unspecified atom stereocenters. The highest BCUT2D eigenvalue weighted by molar-refractivity contribution is 5.81. The first kappa shape index (κ1) is 15.7. The van der Waals surface area contributed by atoms with E-state index < -0.39 is 6.04 Å². The van der Waals surface area contributed by atoms with Crippen molar-refractivity contribution in [2.45, 2.75) is 38.8 Å². The Morgan fingerprint density at radius 3 is 2.68 bits per heavy atom. The predicted molar refractivity (Wildman–Crippen MR) is 76.8 cm³/mol. The lowest BCUT2D eigenvalue weighted by Crippen LogP contribution is -2.43. The fraction of sp³-hybridized carbons (Fsp3) is 0.533. The van der Waals surface area contributed by atoms with Gasteiger partial charge in [-0.25, -0.2) is 0 Å². The zero-order chi connectivity index (χ0) is 14.1. The third-order valence-electron chi connectivity index (χ3n) is 2.94. The maximum Gasteiger partial charge on any atom is 0.237 e. The topological polar surface area (TPSA) is 64.3 Å². The second-order valence-corrected chi connectivity index (χ2v) is 4.64. The summed E-state index contributed by atoms with van der Waals surface area (Å²) in [6.45, 7) is 5.02. The van der Waals surface area contributed by atoms with Gasteiger partial charge in [0.25, 0.3) is 0 Å². The van der Waals surface area contributed by atoms with Crippen LogP contribution in [-0.2, 0) is 16.0 Å². The number of amides is 1. The average molecular weight is 264 g/mol. The highest BCUT2D eigenvalue weighted by Crippen LogP contribution is 2.04. The molecule has 0 aliphatic rings. The first-order chi connectivity index (χ1) is 9.13. The number of hydrogen-bond donors (Lipinski definition) is 2. The van der Waals surface area contributed by atoms with Gasteiger partial charge >= 0.3 is 0 Å². The molecule has 0 saturated carbocycles. The standard InChI is InChI=1S/C15H24N2O2/c1-3-19-12(2)11-17-15(18)14(16)10-9-13-7-5-4-6-8-13/h4-8,12,14H,3,9-11,16H2,1-2H3,(H,17,18)/t12?,14-/m0/s1. The molecule has 0 spiro atoms. The third kappa shape index (κ3) is 6.36. The monoisotopic (exact) mass is 264 g/mol. The van der Waals surface area contributed by atoms with E-state index in [4.69, 9.17) is 10.5 Å².